The molecule has 1 atom stereocenters. The van der Waals surface area contributed by atoms with Gasteiger partial charge in [0, 0.05) is 17.1 Å². The van der Waals surface area contributed by atoms with E-state index in [-0.39, 0.29) is 6.10 Å². The topological polar surface area (TPSA) is 35.5 Å². The van der Waals surface area contributed by atoms with E-state index in [0.717, 1.165) is 43.4 Å². The standard InChI is InChI=1S/C17H27BrN2O/c1-3-19-17(14-4-6-15(18)7-5-14)8-9-20(2)12-13-10-16(21)11-13/h4-7,13,16-17,19,21H,3,8-12H2,1-2H3. The van der Waals surface area contributed by atoms with Gasteiger partial charge in [0.25, 0.3) is 0 Å². The number of benzene rings is 1. The van der Waals surface area contributed by atoms with Crippen molar-refractivity contribution in [3.63, 3.8) is 0 Å². The number of aliphatic hydroxyl groups is 1. The first-order chi connectivity index (χ1) is 10.1. The van der Waals surface area contributed by atoms with Gasteiger partial charge in [0.05, 0.1) is 6.10 Å². The number of aliphatic hydroxyl groups excluding tert-OH is 1. The minimum Gasteiger partial charge on any atom is -0.393 e. The fourth-order valence-electron chi connectivity index (χ4n) is 3.06. The second-order valence-electron chi connectivity index (χ2n) is 6.20. The van der Waals surface area contributed by atoms with Crippen LogP contribution in [0.1, 0.15) is 37.8 Å². The van der Waals surface area contributed by atoms with Gasteiger partial charge in [-0.15, -0.1) is 0 Å². The summed E-state index contributed by atoms with van der Waals surface area (Å²) < 4.78 is 1.13. The highest BCUT2D eigenvalue weighted by Gasteiger charge is 2.27. The van der Waals surface area contributed by atoms with Crippen LogP contribution < -0.4 is 5.32 Å². The Morgan fingerprint density at radius 3 is 2.57 bits per heavy atom. The Morgan fingerprint density at radius 2 is 2.00 bits per heavy atom. The summed E-state index contributed by atoms with van der Waals surface area (Å²) in [5, 5.41) is 12.9. The predicted molar refractivity (Wildman–Crippen MR) is 91.4 cm³/mol. The molecule has 2 N–H and O–H groups in total. The maximum Gasteiger partial charge on any atom is 0.0546 e. The molecule has 0 saturated heterocycles. The highest BCUT2D eigenvalue weighted by Crippen LogP contribution is 2.28. The van der Waals surface area contributed by atoms with Gasteiger partial charge in [-0.3, -0.25) is 0 Å². The third-order valence-electron chi connectivity index (χ3n) is 4.30. The maximum absolute atomic E-state index is 9.36. The van der Waals surface area contributed by atoms with Crippen LogP contribution in [0.3, 0.4) is 0 Å². The van der Waals surface area contributed by atoms with Crippen molar-refractivity contribution in [2.75, 3.05) is 26.7 Å². The molecule has 0 bridgehead atoms. The molecule has 0 amide bonds. The minimum atomic E-state index is -0.0410. The lowest BCUT2D eigenvalue weighted by Gasteiger charge is -2.35. The van der Waals surface area contributed by atoms with Crippen LogP contribution in [0.2, 0.25) is 0 Å². The molecule has 0 aliphatic heterocycles. The van der Waals surface area contributed by atoms with E-state index in [0.29, 0.717) is 12.0 Å². The van der Waals surface area contributed by atoms with E-state index in [9.17, 15) is 5.11 Å². The molecular formula is C17H27BrN2O. The lowest BCUT2D eigenvalue weighted by atomic mass is 9.82. The van der Waals surface area contributed by atoms with Crippen LogP contribution in [-0.4, -0.2) is 42.8 Å². The van der Waals surface area contributed by atoms with E-state index >= 15 is 0 Å². The van der Waals surface area contributed by atoms with Crippen molar-refractivity contribution in [3.8, 4) is 0 Å². The van der Waals surface area contributed by atoms with Crippen molar-refractivity contribution in [2.45, 2.75) is 38.3 Å². The molecule has 2 rings (SSSR count). The first-order valence-electron chi connectivity index (χ1n) is 7.94. The largest absolute Gasteiger partial charge is 0.393 e. The van der Waals surface area contributed by atoms with E-state index in [1.165, 1.54) is 5.56 Å². The minimum absolute atomic E-state index is 0.0410. The summed E-state index contributed by atoms with van der Waals surface area (Å²) in [6, 6.07) is 9.02. The van der Waals surface area contributed by atoms with E-state index < -0.39 is 0 Å². The van der Waals surface area contributed by atoms with E-state index in [1.807, 2.05) is 0 Å². The molecule has 1 aliphatic rings. The normalized spacial score (nSPS) is 23.1. The van der Waals surface area contributed by atoms with Gasteiger partial charge in [0.1, 0.15) is 0 Å². The van der Waals surface area contributed by atoms with Crippen molar-refractivity contribution in [2.24, 2.45) is 5.92 Å². The Hall–Kier alpha value is -0.420. The van der Waals surface area contributed by atoms with E-state index in [4.69, 9.17) is 0 Å². The third-order valence-corrected chi connectivity index (χ3v) is 4.83. The zero-order valence-corrected chi connectivity index (χ0v) is 14.6. The molecule has 0 radical (unpaired) electrons. The van der Waals surface area contributed by atoms with Gasteiger partial charge < -0.3 is 15.3 Å². The Labute approximate surface area is 136 Å². The molecule has 3 nitrogen and oxygen atoms in total. The summed E-state index contributed by atoms with van der Waals surface area (Å²) in [6.45, 7) is 5.33. The van der Waals surface area contributed by atoms with Gasteiger partial charge in [-0.25, -0.2) is 0 Å². The molecule has 1 fully saturated rings. The molecule has 1 aliphatic carbocycles. The smallest absolute Gasteiger partial charge is 0.0546 e. The zero-order chi connectivity index (χ0) is 15.2. The van der Waals surface area contributed by atoms with Crippen molar-refractivity contribution < 1.29 is 5.11 Å². The Kier molecular flexibility index (Phi) is 6.68. The van der Waals surface area contributed by atoms with Crippen LogP contribution in [0.15, 0.2) is 28.7 Å². The molecule has 1 aromatic rings. The second-order valence-corrected chi connectivity index (χ2v) is 7.12. The fraction of sp³-hybridized carbons (Fsp3) is 0.647. The quantitative estimate of drug-likeness (QED) is 0.752. The molecule has 1 unspecified atom stereocenters. The van der Waals surface area contributed by atoms with Crippen LogP contribution in [0.4, 0.5) is 0 Å². The Bertz CT molecular complexity index is 417. The average molecular weight is 355 g/mol. The summed E-state index contributed by atoms with van der Waals surface area (Å²) in [5.74, 6) is 0.690. The summed E-state index contributed by atoms with van der Waals surface area (Å²) in [6.07, 6.45) is 3.03. The Morgan fingerprint density at radius 1 is 1.33 bits per heavy atom. The summed E-state index contributed by atoms with van der Waals surface area (Å²) >= 11 is 3.49. The number of nitrogens with one attached hydrogen (secondary N) is 1. The van der Waals surface area contributed by atoms with Gasteiger partial charge >= 0.3 is 0 Å². The van der Waals surface area contributed by atoms with Gasteiger partial charge in [-0.2, -0.15) is 0 Å². The first-order valence-corrected chi connectivity index (χ1v) is 8.73. The van der Waals surface area contributed by atoms with Gasteiger partial charge in [-0.05, 0) is 63.0 Å². The molecule has 118 valence electrons. The molecule has 0 spiro atoms. The average Bonchev–Trinajstić information content (AvgIpc) is 2.43. The maximum atomic E-state index is 9.36. The molecule has 1 saturated carbocycles. The van der Waals surface area contributed by atoms with E-state index in [1.54, 1.807) is 0 Å². The fourth-order valence-corrected chi connectivity index (χ4v) is 3.32. The van der Waals surface area contributed by atoms with Crippen molar-refractivity contribution >= 4 is 15.9 Å². The van der Waals surface area contributed by atoms with Crippen molar-refractivity contribution in [3.05, 3.63) is 34.3 Å². The van der Waals surface area contributed by atoms with Crippen LogP contribution in [0, 0.1) is 5.92 Å². The lowest BCUT2D eigenvalue weighted by molar-refractivity contribution is 0.0279. The van der Waals surface area contributed by atoms with Crippen LogP contribution >= 0.6 is 15.9 Å². The molecule has 0 heterocycles. The molecule has 4 heteroatoms. The lowest BCUT2D eigenvalue weighted by Crippen LogP contribution is -2.38. The molecule has 1 aromatic carbocycles. The first kappa shape index (κ1) is 16.9. The Balaban J connectivity index is 1.80. The number of hydrogen-bond acceptors (Lipinski definition) is 3. The highest BCUT2D eigenvalue weighted by atomic mass is 79.9. The highest BCUT2D eigenvalue weighted by molar-refractivity contribution is 9.10. The monoisotopic (exact) mass is 354 g/mol. The van der Waals surface area contributed by atoms with Gasteiger partial charge in [0.2, 0.25) is 0 Å². The van der Waals surface area contributed by atoms with Gasteiger partial charge in [-0.1, -0.05) is 35.0 Å². The van der Waals surface area contributed by atoms with Crippen LogP contribution in [0.5, 0.6) is 0 Å². The second kappa shape index (κ2) is 8.28. The molecule has 21 heavy (non-hydrogen) atoms. The number of rotatable bonds is 8. The summed E-state index contributed by atoms with van der Waals surface area (Å²) in [4.78, 5) is 2.40. The van der Waals surface area contributed by atoms with Crippen molar-refractivity contribution in [1.82, 2.24) is 10.2 Å². The van der Waals surface area contributed by atoms with Gasteiger partial charge in [0.15, 0.2) is 0 Å². The number of hydrogen-bond donors (Lipinski definition) is 2. The molecule has 0 aromatic heterocycles. The SMILES string of the molecule is CCNC(CCN(C)CC1CC(O)C1)c1ccc(Br)cc1. The summed E-state index contributed by atoms with van der Waals surface area (Å²) in [7, 11) is 2.19. The van der Waals surface area contributed by atoms with Crippen LogP contribution in [0.25, 0.3) is 0 Å². The van der Waals surface area contributed by atoms with Crippen LogP contribution in [-0.2, 0) is 0 Å². The number of halogens is 1. The third kappa shape index (κ3) is 5.37. The van der Waals surface area contributed by atoms with E-state index in [2.05, 4.69) is 64.4 Å². The summed E-state index contributed by atoms with van der Waals surface area (Å²) in [5.41, 5.74) is 1.35. The predicted octanol–water partition coefficient (Wildman–Crippen LogP) is 3.19. The zero-order valence-electron chi connectivity index (χ0n) is 13.1. The van der Waals surface area contributed by atoms with Crippen molar-refractivity contribution in [1.29, 1.82) is 0 Å². The molecular weight excluding hydrogens is 328 g/mol. The number of nitrogens with zero attached hydrogens (tertiary/aromatic N) is 1.